The minimum absolute atomic E-state index is 0.00248. The average molecular weight is 399 g/mol. The van der Waals surface area contributed by atoms with Gasteiger partial charge in [-0.2, -0.15) is 5.10 Å². The van der Waals surface area contributed by atoms with Crippen molar-refractivity contribution in [1.82, 2.24) is 10.4 Å². The normalized spacial score (nSPS) is 12.2. The molecule has 8 heteroatoms. The molecule has 0 aliphatic rings. The fourth-order valence-electron chi connectivity index (χ4n) is 2.93. The third kappa shape index (κ3) is 4.23. The van der Waals surface area contributed by atoms with Gasteiger partial charge in [-0.05, 0) is 50.6 Å². The third-order valence-electron chi connectivity index (χ3n) is 4.28. The summed E-state index contributed by atoms with van der Waals surface area (Å²) in [6.45, 7) is 5.67. The molecule has 3 rings (SSSR count). The van der Waals surface area contributed by atoms with Gasteiger partial charge >= 0.3 is 5.91 Å². The first kappa shape index (κ1) is 19.6. The maximum Gasteiger partial charge on any atom is 0.307 e. The molecular weight excluding hydrogens is 378 g/mol. The molecule has 7 nitrogen and oxygen atoms in total. The Morgan fingerprint density at radius 2 is 1.86 bits per heavy atom. The summed E-state index contributed by atoms with van der Waals surface area (Å²) >= 11 is 0. The molecule has 28 heavy (non-hydrogen) atoms. The summed E-state index contributed by atoms with van der Waals surface area (Å²) < 4.78 is 30.2. The smallest absolute Gasteiger partial charge is 0.307 e. The predicted octanol–water partition coefficient (Wildman–Crippen LogP) is 3.35. The third-order valence-corrected chi connectivity index (χ3v) is 5.94. The first-order valence-electron chi connectivity index (χ1n) is 8.64. The van der Waals surface area contributed by atoms with Crippen molar-refractivity contribution in [3.05, 3.63) is 77.0 Å². The fraction of sp³-hybridized carbons (Fsp3) is 0.200. The summed E-state index contributed by atoms with van der Waals surface area (Å²) in [5.74, 6) is -0.688. The zero-order chi connectivity index (χ0) is 20.3. The van der Waals surface area contributed by atoms with E-state index in [1.165, 1.54) is 24.3 Å². The van der Waals surface area contributed by atoms with Gasteiger partial charge in [-0.15, -0.1) is 0 Å². The van der Waals surface area contributed by atoms with E-state index in [2.05, 4.69) is 15.5 Å². The summed E-state index contributed by atoms with van der Waals surface area (Å²) in [5.41, 5.74) is 6.02. The van der Waals surface area contributed by atoms with Gasteiger partial charge in [0, 0.05) is 17.5 Å². The van der Waals surface area contributed by atoms with Crippen LogP contribution in [0.1, 0.15) is 40.1 Å². The molecule has 1 amide bonds. The lowest BCUT2D eigenvalue weighted by atomic mass is 10.1. The number of furan rings is 1. The number of aryl methyl sites for hydroxylation is 2. The molecule has 2 aromatic heterocycles. The van der Waals surface area contributed by atoms with Crippen molar-refractivity contribution in [2.75, 3.05) is 0 Å². The number of nitrogens with zero attached hydrogens (tertiary/aromatic N) is 1. The molecule has 0 unspecified atom stereocenters. The van der Waals surface area contributed by atoms with Gasteiger partial charge < -0.3 is 9.40 Å². The quantitative estimate of drug-likeness (QED) is 0.490. The summed E-state index contributed by atoms with van der Waals surface area (Å²) in [5, 5.41) is 4.11. The molecular formula is C20H21N3O4S. The monoisotopic (exact) mass is 399 g/mol. The Bertz CT molecular complexity index is 1110. The van der Waals surface area contributed by atoms with Crippen molar-refractivity contribution in [2.45, 2.75) is 31.4 Å². The van der Waals surface area contributed by atoms with Crippen LogP contribution in [0.4, 0.5) is 0 Å². The van der Waals surface area contributed by atoms with Crippen molar-refractivity contribution in [1.29, 1.82) is 0 Å². The van der Waals surface area contributed by atoms with E-state index in [1.807, 2.05) is 20.0 Å². The highest BCUT2D eigenvalue weighted by Gasteiger charge is 2.19. The standard InChI is InChI=1S/C20H21N3O4S/c1-13-11-21-14(2)19(13)15(3)22-23-20(24)18-10-9-16(27-18)12-28(25,26)17-7-5-4-6-8-17/h4-11,21H,12H2,1-3H3,(H,23,24)/b22-15+. The maximum atomic E-state index is 12.4. The second-order valence-corrected chi connectivity index (χ2v) is 8.44. The van der Waals surface area contributed by atoms with Gasteiger partial charge in [0.25, 0.3) is 0 Å². The highest BCUT2D eigenvalue weighted by Crippen LogP contribution is 2.18. The van der Waals surface area contributed by atoms with Crippen molar-refractivity contribution >= 4 is 21.5 Å². The molecule has 1 aromatic carbocycles. The highest BCUT2D eigenvalue weighted by atomic mass is 32.2. The van der Waals surface area contributed by atoms with E-state index in [1.54, 1.807) is 25.1 Å². The number of hydrogen-bond donors (Lipinski definition) is 2. The first-order valence-corrected chi connectivity index (χ1v) is 10.3. The number of benzene rings is 1. The highest BCUT2D eigenvalue weighted by molar-refractivity contribution is 7.90. The van der Waals surface area contributed by atoms with Crippen LogP contribution < -0.4 is 5.43 Å². The number of aromatic nitrogens is 1. The Labute approximate surface area is 163 Å². The number of hydrazone groups is 1. The summed E-state index contributed by atoms with van der Waals surface area (Å²) in [6.07, 6.45) is 1.87. The van der Waals surface area contributed by atoms with Crippen LogP contribution in [0.15, 0.2) is 63.1 Å². The number of carbonyl (C=O) groups is 1. The van der Waals surface area contributed by atoms with Crippen LogP contribution in [-0.4, -0.2) is 25.0 Å². The van der Waals surface area contributed by atoms with Crippen molar-refractivity contribution in [3.63, 3.8) is 0 Å². The fourth-order valence-corrected chi connectivity index (χ4v) is 4.20. The number of amides is 1. The lowest BCUT2D eigenvalue weighted by Gasteiger charge is -2.03. The molecule has 0 aliphatic carbocycles. The van der Waals surface area contributed by atoms with Crippen LogP contribution in [0.25, 0.3) is 0 Å². The number of H-pyrrole nitrogens is 1. The van der Waals surface area contributed by atoms with Gasteiger partial charge in [0.05, 0.1) is 10.6 Å². The van der Waals surface area contributed by atoms with E-state index >= 15 is 0 Å². The first-order chi connectivity index (χ1) is 13.3. The Balaban J connectivity index is 1.70. The molecule has 146 valence electrons. The maximum absolute atomic E-state index is 12.4. The molecule has 0 radical (unpaired) electrons. The lowest BCUT2D eigenvalue weighted by molar-refractivity contribution is 0.0925. The minimum Gasteiger partial charge on any atom is -0.455 e. The van der Waals surface area contributed by atoms with Gasteiger partial charge in [-0.3, -0.25) is 4.79 Å². The van der Waals surface area contributed by atoms with Gasteiger partial charge in [0.15, 0.2) is 15.6 Å². The number of carbonyl (C=O) groups excluding carboxylic acids is 1. The minimum atomic E-state index is -3.55. The number of hydrogen-bond acceptors (Lipinski definition) is 5. The number of rotatable bonds is 6. The predicted molar refractivity (Wildman–Crippen MR) is 106 cm³/mol. The SMILES string of the molecule is C/C(=N\NC(=O)c1ccc(CS(=O)(=O)c2ccccc2)o1)c1c(C)c[nH]c1C. The zero-order valence-electron chi connectivity index (χ0n) is 15.8. The van der Waals surface area contributed by atoms with Crippen molar-refractivity contribution < 1.29 is 17.6 Å². The molecule has 0 fully saturated rings. The molecule has 0 aliphatic heterocycles. The van der Waals surface area contributed by atoms with Crippen LogP contribution in [0, 0.1) is 13.8 Å². The Hall–Kier alpha value is -3.13. The lowest BCUT2D eigenvalue weighted by Crippen LogP contribution is -2.19. The molecule has 0 atom stereocenters. The van der Waals surface area contributed by atoms with Crippen LogP contribution in [0.2, 0.25) is 0 Å². The summed E-state index contributed by atoms with van der Waals surface area (Å²) in [4.78, 5) is 15.6. The second-order valence-electron chi connectivity index (χ2n) is 6.45. The summed E-state index contributed by atoms with van der Waals surface area (Å²) in [7, 11) is -3.55. The molecule has 2 N–H and O–H groups in total. The summed E-state index contributed by atoms with van der Waals surface area (Å²) in [6, 6.07) is 11.0. The number of sulfone groups is 1. The van der Waals surface area contributed by atoms with E-state index < -0.39 is 15.7 Å². The Morgan fingerprint density at radius 3 is 2.50 bits per heavy atom. The number of nitrogens with one attached hydrogen (secondary N) is 2. The van der Waals surface area contributed by atoms with Crippen molar-refractivity contribution in [3.8, 4) is 0 Å². The van der Waals surface area contributed by atoms with E-state index in [9.17, 15) is 13.2 Å². The van der Waals surface area contributed by atoms with Gasteiger partial charge in [0.2, 0.25) is 0 Å². The van der Waals surface area contributed by atoms with Crippen LogP contribution in [0.3, 0.4) is 0 Å². The van der Waals surface area contributed by atoms with Gasteiger partial charge in [-0.1, -0.05) is 18.2 Å². The largest absolute Gasteiger partial charge is 0.455 e. The molecule has 0 spiro atoms. The van der Waals surface area contributed by atoms with E-state index in [0.29, 0.717) is 5.71 Å². The molecule has 0 saturated carbocycles. The van der Waals surface area contributed by atoms with Gasteiger partial charge in [-0.25, -0.2) is 13.8 Å². The van der Waals surface area contributed by atoms with E-state index in [4.69, 9.17) is 4.42 Å². The van der Waals surface area contributed by atoms with Crippen LogP contribution >= 0.6 is 0 Å². The van der Waals surface area contributed by atoms with Crippen molar-refractivity contribution in [2.24, 2.45) is 5.10 Å². The van der Waals surface area contributed by atoms with Crippen LogP contribution in [0.5, 0.6) is 0 Å². The van der Waals surface area contributed by atoms with E-state index in [-0.39, 0.29) is 22.2 Å². The Kier molecular flexibility index (Phi) is 5.51. The zero-order valence-corrected chi connectivity index (χ0v) is 16.6. The van der Waals surface area contributed by atoms with Gasteiger partial charge in [0.1, 0.15) is 11.5 Å². The number of aromatic amines is 1. The molecule has 0 bridgehead atoms. The molecule has 3 aromatic rings. The van der Waals surface area contributed by atoms with Crippen LogP contribution in [-0.2, 0) is 15.6 Å². The van der Waals surface area contributed by atoms with E-state index in [0.717, 1.165) is 16.8 Å². The molecule has 2 heterocycles. The Morgan fingerprint density at radius 1 is 1.14 bits per heavy atom. The average Bonchev–Trinajstić information content (AvgIpc) is 3.26. The molecule has 0 saturated heterocycles. The second kappa shape index (κ2) is 7.85. The topological polar surface area (TPSA) is 105 Å².